The molecule has 1 atom stereocenters. The van der Waals surface area contributed by atoms with Crippen LogP contribution in [0.1, 0.15) is 41.4 Å². The van der Waals surface area contributed by atoms with Gasteiger partial charge in [-0.15, -0.1) is 0 Å². The summed E-state index contributed by atoms with van der Waals surface area (Å²) in [6.45, 7) is 4.96. The van der Waals surface area contributed by atoms with Gasteiger partial charge in [0.05, 0.1) is 18.2 Å². The van der Waals surface area contributed by atoms with Crippen molar-refractivity contribution < 1.29 is 14.3 Å². The minimum absolute atomic E-state index is 0.134. The minimum Gasteiger partial charge on any atom is -0.494 e. The van der Waals surface area contributed by atoms with E-state index in [-0.39, 0.29) is 11.9 Å². The number of hydrogen-bond donors (Lipinski definition) is 1. The first-order valence-corrected chi connectivity index (χ1v) is 9.46. The van der Waals surface area contributed by atoms with Crippen molar-refractivity contribution >= 4 is 5.91 Å². The number of para-hydroxylation sites is 1. The maximum Gasteiger partial charge on any atom is 0.255 e. The third-order valence-electron chi connectivity index (χ3n) is 4.41. The van der Waals surface area contributed by atoms with E-state index >= 15 is 0 Å². The summed E-state index contributed by atoms with van der Waals surface area (Å²) in [7, 11) is 0. The van der Waals surface area contributed by atoms with Crippen LogP contribution in [-0.2, 0) is 6.61 Å². The second-order valence-corrected chi connectivity index (χ2v) is 6.47. The highest BCUT2D eigenvalue weighted by molar-refractivity contribution is 5.97. The van der Waals surface area contributed by atoms with Crippen LogP contribution in [0.15, 0.2) is 78.9 Å². The Hall–Kier alpha value is -3.27. The Morgan fingerprint density at radius 3 is 2.29 bits per heavy atom. The maximum absolute atomic E-state index is 12.8. The summed E-state index contributed by atoms with van der Waals surface area (Å²) in [4.78, 5) is 12.8. The number of nitrogens with one attached hydrogen (secondary N) is 1. The molecular weight excluding hydrogens is 350 g/mol. The number of hydrogen-bond acceptors (Lipinski definition) is 3. The van der Waals surface area contributed by atoms with E-state index in [0.717, 1.165) is 16.9 Å². The molecule has 0 fully saturated rings. The normalized spacial score (nSPS) is 11.5. The molecule has 0 heterocycles. The maximum atomic E-state index is 12.8. The van der Waals surface area contributed by atoms with Gasteiger partial charge in [-0.3, -0.25) is 4.79 Å². The zero-order chi connectivity index (χ0) is 19.8. The fourth-order valence-electron chi connectivity index (χ4n) is 2.89. The molecule has 0 aliphatic rings. The molecule has 3 aromatic carbocycles. The van der Waals surface area contributed by atoms with Gasteiger partial charge in [0.1, 0.15) is 18.1 Å². The number of carbonyl (C=O) groups excluding carboxylic acids is 1. The van der Waals surface area contributed by atoms with Crippen LogP contribution in [-0.4, -0.2) is 12.5 Å². The SMILES string of the molecule is CCOc1ccc([C@H](C)NC(=O)c2ccccc2OCc2ccccc2)cc1. The van der Waals surface area contributed by atoms with Crippen LogP contribution in [0.3, 0.4) is 0 Å². The Bertz CT molecular complexity index is 891. The van der Waals surface area contributed by atoms with Gasteiger partial charge in [-0.25, -0.2) is 0 Å². The van der Waals surface area contributed by atoms with Crippen LogP contribution in [0.5, 0.6) is 11.5 Å². The summed E-state index contributed by atoms with van der Waals surface area (Å²) in [5.74, 6) is 1.23. The van der Waals surface area contributed by atoms with Gasteiger partial charge in [-0.1, -0.05) is 54.6 Å². The summed E-state index contributed by atoms with van der Waals surface area (Å²) >= 11 is 0. The van der Waals surface area contributed by atoms with Crippen molar-refractivity contribution in [3.05, 3.63) is 95.6 Å². The fraction of sp³-hybridized carbons (Fsp3) is 0.208. The molecule has 4 nitrogen and oxygen atoms in total. The molecule has 4 heteroatoms. The molecular formula is C24H25NO3. The number of amides is 1. The van der Waals surface area contributed by atoms with Gasteiger partial charge in [0, 0.05) is 0 Å². The highest BCUT2D eigenvalue weighted by Gasteiger charge is 2.15. The predicted molar refractivity (Wildman–Crippen MR) is 111 cm³/mol. The van der Waals surface area contributed by atoms with Crippen molar-refractivity contribution in [1.29, 1.82) is 0 Å². The van der Waals surface area contributed by atoms with Gasteiger partial charge in [-0.05, 0) is 49.2 Å². The molecule has 0 aliphatic heterocycles. The Morgan fingerprint density at radius 1 is 0.893 bits per heavy atom. The van der Waals surface area contributed by atoms with Gasteiger partial charge in [-0.2, -0.15) is 0 Å². The molecule has 0 spiro atoms. The van der Waals surface area contributed by atoms with Gasteiger partial charge < -0.3 is 14.8 Å². The quantitative estimate of drug-likeness (QED) is 0.592. The van der Waals surface area contributed by atoms with Crippen molar-refractivity contribution in [1.82, 2.24) is 5.32 Å². The number of carbonyl (C=O) groups is 1. The van der Waals surface area contributed by atoms with Crippen LogP contribution < -0.4 is 14.8 Å². The third-order valence-corrected chi connectivity index (χ3v) is 4.41. The fourth-order valence-corrected chi connectivity index (χ4v) is 2.89. The average Bonchev–Trinajstić information content (AvgIpc) is 2.74. The number of rotatable bonds is 8. The molecule has 1 amide bonds. The van der Waals surface area contributed by atoms with E-state index in [1.165, 1.54) is 0 Å². The second-order valence-electron chi connectivity index (χ2n) is 6.47. The van der Waals surface area contributed by atoms with Crippen LogP contribution in [0.4, 0.5) is 0 Å². The molecule has 0 aliphatic carbocycles. The molecule has 1 N–H and O–H groups in total. The second kappa shape index (κ2) is 9.60. The molecule has 144 valence electrons. The smallest absolute Gasteiger partial charge is 0.255 e. The molecule has 28 heavy (non-hydrogen) atoms. The van der Waals surface area contributed by atoms with Crippen LogP contribution in [0, 0.1) is 0 Å². The molecule has 0 bridgehead atoms. The first-order valence-electron chi connectivity index (χ1n) is 9.46. The lowest BCUT2D eigenvalue weighted by atomic mass is 10.1. The third kappa shape index (κ3) is 5.13. The van der Waals surface area contributed by atoms with Crippen LogP contribution in [0.25, 0.3) is 0 Å². The monoisotopic (exact) mass is 375 g/mol. The molecule has 3 aromatic rings. The molecule has 0 aromatic heterocycles. The molecule has 3 rings (SSSR count). The lowest BCUT2D eigenvalue weighted by Gasteiger charge is -2.17. The van der Waals surface area contributed by atoms with Crippen molar-refractivity contribution in [2.24, 2.45) is 0 Å². The van der Waals surface area contributed by atoms with E-state index < -0.39 is 0 Å². The zero-order valence-corrected chi connectivity index (χ0v) is 16.2. The highest BCUT2D eigenvalue weighted by atomic mass is 16.5. The van der Waals surface area contributed by atoms with E-state index in [9.17, 15) is 4.79 Å². The first-order chi connectivity index (χ1) is 13.7. The average molecular weight is 375 g/mol. The molecule has 0 radical (unpaired) electrons. The van der Waals surface area contributed by atoms with Gasteiger partial charge >= 0.3 is 0 Å². The Morgan fingerprint density at radius 2 is 1.57 bits per heavy atom. The largest absolute Gasteiger partial charge is 0.494 e. The highest BCUT2D eigenvalue weighted by Crippen LogP contribution is 2.22. The van der Waals surface area contributed by atoms with Crippen molar-refractivity contribution in [3.63, 3.8) is 0 Å². The van der Waals surface area contributed by atoms with Gasteiger partial charge in [0.2, 0.25) is 0 Å². The van der Waals surface area contributed by atoms with Gasteiger partial charge in [0.15, 0.2) is 0 Å². The topological polar surface area (TPSA) is 47.6 Å². The molecule has 0 unspecified atom stereocenters. The van der Waals surface area contributed by atoms with E-state index in [4.69, 9.17) is 9.47 Å². The summed E-state index contributed by atoms with van der Waals surface area (Å²) in [5.41, 5.74) is 2.59. The molecule has 0 saturated heterocycles. The van der Waals surface area contributed by atoms with Crippen molar-refractivity contribution in [2.45, 2.75) is 26.5 Å². The van der Waals surface area contributed by atoms with Gasteiger partial charge in [0.25, 0.3) is 5.91 Å². The van der Waals surface area contributed by atoms with E-state index in [0.29, 0.717) is 24.5 Å². The summed E-state index contributed by atoms with van der Waals surface area (Å²) in [5, 5.41) is 3.04. The van der Waals surface area contributed by atoms with Crippen LogP contribution >= 0.6 is 0 Å². The Balaban J connectivity index is 1.66. The first kappa shape index (κ1) is 19.5. The summed E-state index contributed by atoms with van der Waals surface area (Å²) < 4.78 is 11.4. The Kier molecular flexibility index (Phi) is 6.68. The van der Waals surface area contributed by atoms with Crippen molar-refractivity contribution in [2.75, 3.05) is 6.61 Å². The Labute approximate surface area is 166 Å². The van der Waals surface area contributed by atoms with E-state index in [2.05, 4.69) is 5.32 Å². The van der Waals surface area contributed by atoms with E-state index in [1.807, 2.05) is 86.6 Å². The lowest BCUT2D eigenvalue weighted by molar-refractivity contribution is 0.0935. The van der Waals surface area contributed by atoms with Crippen molar-refractivity contribution in [3.8, 4) is 11.5 Å². The number of ether oxygens (including phenoxy) is 2. The minimum atomic E-state index is -0.162. The van der Waals surface area contributed by atoms with Crippen LogP contribution in [0.2, 0.25) is 0 Å². The predicted octanol–water partition coefficient (Wildman–Crippen LogP) is 5.16. The van der Waals surface area contributed by atoms with E-state index in [1.54, 1.807) is 6.07 Å². The molecule has 0 saturated carbocycles. The lowest BCUT2D eigenvalue weighted by Crippen LogP contribution is -2.27. The number of benzene rings is 3. The summed E-state index contributed by atoms with van der Waals surface area (Å²) in [6.07, 6.45) is 0. The summed E-state index contributed by atoms with van der Waals surface area (Å²) in [6, 6.07) is 24.8. The standard InChI is InChI=1S/C24H25NO3/c1-3-27-21-15-13-20(14-16-21)18(2)25-24(26)22-11-7-8-12-23(22)28-17-19-9-5-4-6-10-19/h4-16,18H,3,17H2,1-2H3,(H,25,26)/t18-/m0/s1. The zero-order valence-electron chi connectivity index (χ0n) is 16.2.